The Balaban J connectivity index is 2.94. The first-order valence-electron chi connectivity index (χ1n) is 7.21. The molecular weight excluding hydrogens is 274 g/mol. The second-order valence-electron chi connectivity index (χ2n) is 7.45. The average molecular weight is 300 g/mol. The van der Waals surface area contributed by atoms with Gasteiger partial charge in [-0.2, -0.15) is 8.78 Å². The SMILES string of the molecule is CC(C)(C)CCOc1cc(C(C)(C)C)ccc1OC(F)F. The minimum atomic E-state index is -2.85. The maximum Gasteiger partial charge on any atom is 0.387 e. The molecule has 0 spiro atoms. The van der Waals surface area contributed by atoms with Gasteiger partial charge in [0.15, 0.2) is 11.5 Å². The lowest BCUT2D eigenvalue weighted by atomic mass is 9.87. The predicted octanol–water partition coefficient (Wildman–Crippen LogP) is 5.40. The zero-order valence-corrected chi connectivity index (χ0v) is 13.8. The molecule has 0 aliphatic rings. The lowest BCUT2D eigenvalue weighted by molar-refractivity contribution is -0.0516. The Hall–Kier alpha value is -1.32. The standard InChI is InChI=1S/C17H26F2O2/c1-16(2,3)9-10-20-14-11-12(17(4,5)6)7-8-13(14)21-15(18)19/h7-8,11,15H,9-10H2,1-6H3. The van der Waals surface area contributed by atoms with Crippen LogP contribution in [0.5, 0.6) is 11.5 Å². The molecule has 0 aromatic heterocycles. The first-order chi connectivity index (χ1) is 9.49. The smallest absolute Gasteiger partial charge is 0.387 e. The van der Waals surface area contributed by atoms with Crippen molar-refractivity contribution in [3.8, 4) is 11.5 Å². The third kappa shape index (κ3) is 6.32. The van der Waals surface area contributed by atoms with Crippen molar-refractivity contribution in [2.24, 2.45) is 5.41 Å². The zero-order chi connectivity index (χ0) is 16.3. The van der Waals surface area contributed by atoms with Gasteiger partial charge in [-0.05, 0) is 34.9 Å². The Kier molecular flexibility index (Phi) is 5.60. The number of hydrogen-bond acceptors (Lipinski definition) is 2. The summed E-state index contributed by atoms with van der Waals surface area (Å²) in [5.41, 5.74) is 1.08. The van der Waals surface area contributed by atoms with Crippen molar-refractivity contribution in [2.75, 3.05) is 6.61 Å². The normalized spacial score (nSPS) is 12.6. The van der Waals surface area contributed by atoms with Crippen molar-refractivity contribution in [3.63, 3.8) is 0 Å². The number of halogens is 2. The Bertz CT molecular complexity index is 457. The second-order valence-corrected chi connectivity index (χ2v) is 7.45. The van der Waals surface area contributed by atoms with E-state index in [9.17, 15) is 8.78 Å². The van der Waals surface area contributed by atoms with E-state index in [1.165, 1.54) is 0 Å². The van der Waals surface area contributed by atoms with Gasteiger partial charge in [0.2, 0.25) is 0 Å². The molecule has 0 heterocycles. The molecule has 0 N–H and O–H groups in total. The molecule has 0 radical (unpaired) electrons. The molecular formula is C17H26F2O2. The molecule has 0 aliphatic carbocycles. The molecule has 0 unspecified atom stereocenters. The molecule has 0 fully saturated rings. The van der Waals surface area contributed by atoms with Crippen LogP contribution in [-0.4, -0.2) is 13.2 Å². The fraction of sp³-hybridized carbons (Fsp3) is 0.647. The van der Waals surface area contributed by atoms with Gasteiger partial charge in [0.05, 0.1) is 6.61 Å². The maximum atomic E-state index is 12.5. The first-order valence-corrected chi connectivity index (χ1v) is 7.21. The second kappa shape index (κ2) is 6.63. The van der Waals surface area contributed by atoms with Crippen LogP contribution in [0, 0.1) is 5.41 Å². The van der Waals surface area contributed by atoms with Gasteiger partial charge < -0.3 is 9.47 Å². The highest BCUT2D eigenvalue weighted by molar-refractivity contribution is 5.44. The molecule has 0 atom stereocenters. The highest BCUT2D eigenvalue weighted by Crippen LogP contribution is 2.34. The fourth-order valence-electron chi connectivity index (χ4n) is 1.75. The van der Waals surface area contributed by atoms with Crippen LogP contribution in [0.2, 0.25) is 0 Å². The van der Waals surface area contributed by atoms with Crippen LogP contribution in [0.4, 0.5) is 8.78 Å². The maximum absolute atomic E-state index is 12.5. The lowest BCUT2D eigenvalue weighted by Gasteiger charge is -2.22. The molecule has 120 valence electrons. The molecule has 1 aromatic carbocycles. The Morgan fingerprint density at radius 2 is 1.62 bits per heavy atom. The molecule has 0 saturated heterocycles. The summed E-state index contributed by atoms with van der Waals surface area (Å²) >= 11 is 0. The van der Waals surface area contributed by atoms with Crippen LogP contribution < -0.4 is 9.47 Å². The summed E-state index contributed by atoms with van der Waals surface area (Å²) < 4.78 is 35.2. The number of hydrogen-bond donors (Lipinski definition) is 0. The third-order valence-electron chi connectivity index (χ3n) is 3.14. The van der Waals surface area contributed by atoms with E-state index in [-0.39, 0.29) is 16.6 Å². The molecule has 1 aromatic rings. The van der Waals surface area contributed by atoms with Crippen LogP contribution in [0.15, 0.2) is 18.2 Å². The van der Waals surface area contributed by atoms with E-state index >= 15 is 0 Å². The van der Waals surface area contributed by atoms with Crippen LogP contribution in [0.1, 0.15) is 53.5 Å². The van der Waals surface area contributed by atoms with Gasteiger partial charge in [0, 0.05) is 0 Å². The molecule has 4 heteroatoms. The summed E-state index contributed by atoms with van der Waals surface area (Å²) in [5, 5.41) is 0. The Morgan fingerprint density at radius 3 is 2.10 bits per heavy atom. The number of rotatable bonds is 5. The summed E-state index contributed by atoms with van der Waals surface area (Å²) in [6, 6.07) is 5.15. The predicted molar refractivity (Wildman–Crippen MR) is 81.3 cm³/mol. The van der Waals surface area contributed by atoms with Crippen LogP contribution in [0.3, 0.4) is 0 Å². The van der Waals surface area contributed by atoms with Crippen LogP contribution in [-0.2, 0) is 5.41 Å². The molecule has 0 aliphatic heterocycles. The van der Waals surface area contributed by atoms with Gasteiger partial charge in [-0.1, -0.05) is 47.6 Å². The monoisotopic (exact) mass is 300 g/mol. The topological polar surface area (TPSA) is 18.5 Å². The van der Waals surface area contributed by atoms with Crippen molar-refractivity contribution in [3.05, 3.63) is 23.8 Å². The van der Waals surface area contributed by atoms with Gasteiger partial charge in [-0.3, -0.25) is 0 Å². The van der Waals surface area contributed by atoms with E-state index in [1.807, 2.05) is 0 Å². The average Bonchev–Trinajstić information content (AvgIpc) is 2.27. The molecule has 21 heavy (non-hydrogen) atoms. The largest absolute Gasteiger partial charge is 0.490 e. The van der Waals surface area contributed by atoms with Crippen LogP contribution >= 0.6 is 0 Å². The molecule has 0 amide bonds. The van der Waals surface area contributed by atoms with Gasteiger partial charge >= 0.3 is 6.61 Å². The summed E-state index contributed by atoms with van der Waals surface area (Å²) in [4.78, 5) is 0. The molecule has 2 nitrogen and oxygen atoms in total. The summed E-state index contributed by atoms with van der Waals surface area (Å²) in [6.45, 7) is 10.1. The van der Waals surface area contributed by atoms with Crippen molar-refractivity contribution in [1.82, 2.24) is 0 Å². The number of benzene rings is 1. The van der Waals surface area contributed by atoms with Crippen molar-refractivity contribution < 1.29 is 18.3 Å². The molecule has 0 bridgehead atoms. The van der Waals surface area contributed by atoms with E-state index < -0.39 is 6.61 Å². The minimum Gasteiger partial charge on any atom is -0.490 e. The number of alkyl halides is 2. The van der Waals surface area contributed by atoms with E-state index in [4.69, 9.17) is 4.74 Å². The minimum absolute atomic E-state index is 0.0779. The Labute approximate surface area is 126 Å². The van der Waals surface area contributed by atoms with Gasteiger partial charge in [0.1, 0.15) is 0 Å². The lowest BCUT2D eigenvalue weighted by Crippen LogP contribution is -2.14. The van der Waals surface area contributed by atoms with Crippen LogP contribution in [0.25, 0.3) is 0 Å². The van der Waals surface area contributed by atoms with E-state index in [0.29, 0.717) is 12.4 Å². The molecule has 1 rings (SSSR count). The highest BCUT2D eigenvalue weighted by atomic mass is 19.3. The number of ether oxygens (including phenoxy) is 2. The zero-order valence-electron chi connectivity index (χ0n) is 13.8. The van der Waals surface area contributed by atoms with E-state index in [1.54, 1.807) is 18.2 Å². The van der Waals surface area contributed by atoms with Crippen molar-refractivity contribution >= 4 is 0 Å². The third-order valence-corrected chi connectivity index (χ3v) is 3.14. The summed E-state index contributed by atoms with van der Waals surface area (Å²) in [7, 11) is 0. The summed E-state index contributed by atoms with van der Waals surface area (Å²) in [6.07, 6.45) is 0.834. The van der Waals surface area contributed by atoms with E-state index in [2.05, 4.69) is 46.3 Å². The first kappa shape index (κ1) is 17.7. The van der Waals surface area contributed by atoms with E-state index in [0.717, 1.165) is 12.0 Å². The van der Waals surface area contributed by atoms with Crippen molar-refractivity contribution in [1.29, 1.82) is 0 Å². The highest BCUT2D eigenvalue weighted by Gasteiger charge is 2.19. The van der Waals surface area contributed by atoms with Gasteiger partial charge in [0.25, 0.3) is 0 Å². The van der Waals surface area contributed by atoms with Gasteiger partial charge in [-0.25, -0.2) is 0 Å². The summed E-state index contributed by atoms with van der Waals surface area (Å²) in [5.74, 6) is 0.471. The molecule has 0 saturated carbocycles. The quantitative estimate of drug-likeness (QED) is 0.724. The van der Waals surface area contributed by atoms with Gasteiger partial charge in [-0.15, -0.1) is 0 Å². The van der Waals surface area contributed by atoms with Crippen molar-refractivity contribution in [2.45, 2.75) is 60.0 Å². The fourth-order valence-corrected chi connectivity index (χ4v) is 1.75. The Morgan fingerprint density at radius 1 is 1.00 bits per heavy atom.